The maximum absolute atomic E-state index is 14.6. The summed E-state index contributed by atoms with van der Waals surface area (Å²) in [5.74, 6) is 0.637. The van der Waals surface area contributed by atoms with Crippen LogP contribution in [0.4, 0.5) is 0 Å². The predicted octanol–water partition coefficient (Wildman–Crippen LogP) is 12.3. The number of amides is 2. The van der Waals surface area contributed by atoms with Crippen molar-refractivity contribution in [1.82, 2.24) is 10.6 Å². The third-order valence-electron chi connectivity index (χ3n) is 18.4. The molecule has 0 bridgehead atoms. The molecule has 8 heteroatoms. The van der Waals surface area contributed by atoms with Gasteiger partial charge in [0, 0.05) is 13.0 Å². The summed E-state index contributed by atoms with van der Waals surface area (Å²) < 4.78 is 0. The first-order valence-corrected chi connectivity index (χ1v) is 26.2. The van der Waals surface area contributed by atoms with Crippen molar-refractivity contribution < 1.29 is 29.7 Å². The molecule has 12 atom stereocenters. The highest BCUT2D eigenvalue weighted by Crippen LogP contribution is 2.75. The largest absolute Gasteiger partial charge is 0.480 e. The van der Waals surface area contributed by atoms with Gasteiger partial charge in [-0.1, -0.05) is 140 Å². The van der Waals surface area contributed by atoms with E-state index in [-0.39, 0.29) is 45.8 Å². The number of carbonyl (C=O) groups is 3. The van der Waals surface area contributed by atoms with Gasteiger partial charge in [-0.15, -0.1) is 0 Å². The molecule has 12 unspecified atom stereocenters. The summed E-state index contributed by atoms with van der Waals surface area (Å²) >= 11 is 0. The smallest absolute Gasteiger partial charge is 0.326 e. The number of fused-ring (bicyclic) bond motifs is 7. The number of aliphatic carboxylic acids is 1. The van der Waals surface area contributed by atoms with Crippen molar-refractivity contribution in [1.29, 1.82) is 0 Å². The van der Waals surface area contributed by atoms with Gasteiger partial charge < -0.3 is 26.0 Å². The highest BCUT2D eigenvalue weighted by Gasteiger charge is 2.70. The van der Waals surface area contributed by atoms with Crippen LogP contribution in [0.5, 0.6) is 0 Å². The Bertz CT molecular complexity index is 1860. The van der Waals surface area contributed by atoms with Crippen LogP contribution in [0.25, 0.3) is 0 Å². The monoisotopic (exact) mass is 911 g/mol. The second-order valence-electron chi connectivity index (χ2n) is 22.5. The quantitative estimate of drug-likeness (QED) is 0.0542. The number of carboxylic acid groups (broad SMARTS) is 1. The molecule has 0 radical (unpaired) electrons. The van der Waals surface area contributed by atoms with Crippen LogP contribution in [-0.2, 0) is 14.4 Å². The maximum atomic E-state index is 14.6. The lowest BCUT2D eigenvalue weighted by Crippen LogP contribution is -2.67. The molecule has 0 aromatic rings. The number of nitrogens with one attached hydrogen (secondary N) is 2. The number of aliphatic hydroxyl groups excluding tert-OH is 2. The van der Waals surface area contributed by atoms with Crippen LogP contribution in [0.1, 0.15) is 177 Å². The average Bonchev–Trinajstić information content (AvgIpc) is 3.27. The number of unbranched alkanes of at least 4 members (excludes halogenated alkanes) is 1. The van der Waals surface area contributed by atoms with Crippen molar-refractivity contribution >= 4 is 17.8 Å². The minimum Gasteiger partial charge on any atom is -0.480 e. The normalized spacial score (nSPS) is 35.8. The van der Waals surface area contributed by atoms with Crippen LogP contribution < -0.4 is 10.6 Å². The zero-order valence-electron chi connectivity index (χ0n) is 42.3. The van der Waals surface area contributed by atoms with Gasteiger partial charge in [-0.25, -0.2) is 4.79 Å². The Kier molecular flexibility index (Phi) is 19.2. The highest BCUT2D eigenvalue weighted by molar-refractivity contribution is 5.84. The van der Waals surface area contributed by atoms with Gasteiger partial charge in [-0.2, -0.15) is 0 Å². The molecule has 5 rings (SSSR count). The van der Waals surface area contributed by atoms with Gasteiger partial charge in [0.2, 0.25) is 11.8 Å². The molecule has 0 aromatic carbocycles. The molecular formula is C58H90N2O6. The first-order valence-electron chi connectivity index (χ1n) is 26.2. The fourth-order valence-corrected chi connectivity index (χ4v) is 14.2. The van der Waals surface area contributed by atoms with E-state index in [2.05, 4.69) is 133 Å². The number of allylic oxidation sites excluding steroid dienone is 14. The third kappa shape index (κ3) is 11.7. The molecule has 5 aliphatic carbocycles. The second-order valence-corrected chi connectivity index (χ2v) is 22.5. The van der Waals surface area contributed by atoms with E-state index in [9.17, 15) is 29.7 Å². The van der Waals surface area contributed by atoms with Crippen LogP contribution in [-0.4, -0.2) is 57.9 Å². The van der Waals surface area contributed by atoms with Gasteiger partial charge in [0.25, 0.3) is 0 Å². The van der Waals surface area contributed by atoms with Crippen LogP contribution >= 0.6 is 0 Å². The molecule has 5 aliphatic rings. The molecule has 8 nitrogen and oxygen atoms in total. The lowest BCUT2D eigenvalue weighted by molar-refractivity contribution is -0.231. The summed E-state index contributed by atoms with van der Waals surface area (Å²) in [6.07, 6.45) is 42.4. The maximum Gasteiger partial charge on any atom is 0.326 e. The van der Waals surface area contributed by atoms with Crippen molar-refractivity contribution in [2.24, 2.45) is 56.7 Å². The van der Waals surface area contributed by atoms with Crippen molar-refractivity contribution in [3.8, 4) is 0 Å². The summed E-state index contributed by atoms with van der Waals surface area (Å²) in [5.41, 5.74) is 0.558. The van der Waals surface area contributed by atoms with Gasteiger partial charge >= 0.3 is 5.97 Å². The molecule has 4 saturated carbocycles. The molecule has 0 spiro atoms. The minimum absolute atomic E-state index is 0.0215. The van der Waals surface area contributed by atoms with Crippen molar-refractivity contribution in [2.45, 2.75) is 196 Å². The third-order valence-corrected chi connectivity index (χ3v) is 18.4. The lowest BCUT2D eigenvalue weighted by atomic mass is 9.33. The highest BCUT2D eigenvalue weighted by atomic mass is 16.4. The summed E-state index contributed by atoms with van der Waals surface area (Å²) in [5, 5.41) is 38.4. The standard InChI is InChI=1S/C58H90N2O6/c1-9-10-11-12-13-14-15-16-17-18-19-20-21-22-23-24-25-26-27-31-49(62)60-45(52(64)65)30-28-29-40-59-53(66)58-37-34-42(2)43(3)50(58)44-32-33-48-55(6)41-46(61)51(63)54(4,5)47(55)35-36-57(48,8)56(44,7)38-39-58/h10-11,13-14,16-17,19-20,22-23,25-26,32,42-43,45-48,50-51,61,63H,9,12,15,18,21,24,27-31,33-41H2,1-8H3,(H,59,66)(H,60,62)(H,64,65). The van der Waals surface area contributed by atoms with E-state index in [1.165, 1.54) is 5.57 Å². The van der Waals surface area contributed by atoms with E-state index in [1.54, 1.807) is 0 Å². The van der Waals surface area contributed by atoms with E-state index in [0.29, 0.717) is 62.3 Å². The molecule has 0 saturated heterocycles. The van der Waals surface area contributed by atoms with Gasteiger partial charge in [0.15, 0.2) is 0 Å². The predicted molar refractivity (Wildman–Crippen MR) is 270 cm³/mol. The SMILES string of the molecule is CCC=CCC=CCC=CCC=CCC=CCC=CCCC(=O)NC(CCCCNC(=O)C12CCC(C)C(C)C1C1=CCC3C4(C)CC(O)C(O)C(C)(C)C4CCC3(C)C1(C)CC2)C(=O)O. The Morgan fingerprint density at radius 3 is 1.94 bits per heavy atom. The summed E-state index contributed by atoms with van der Waals surface area (Å²) in [7, 11) is 0. The lowest BCUT2D eigenvalue weighted by Gasteiger charge is -2.71. The van der Waals surface area contributed by atoms with E-state index in [1.807, 2.05) is 12.2 Å². The van der Waals surface area contributed by atoms with Gasteiger partial charge in [0.05, 0.1) is 17.6 Å². The molecule has 2 amide bonds. The molecule has 0 aromatic heterocycles. The topological polar surface area (TPSA) is 136 Å². The first-order chi connectivity index (χ1) is 31.4. The first kappa shape index (κ1) is 53.5. The Morgan fingerprint density at radius 2 is 1.35 bits per heavy atom. The van der Waals surface area contributed by atoms with Gasteiger partial charge in [0.1, 0.15) is 6.04 Å². The van der Waals surface area contributed by atoms with E-state index in [4.69, 9.17) is 0 Å². The van der Waals surface area contributed by atoms with E-state index < -0.39 is 29.6 Å². The number of hydrogen-bond donors (Lipinski definition) is 5. The van der Waals surface area contributed by atoms with Gasteiger partial charge in [-0.05, 0) is 167 Å². The number of hydrogen-bond acceptors (Lipinski definition) is 5. The Balaban J connectivity index is 1.06. The molecule has 368 valence electrons. The molecule has 0 heterocycles. The zero-order chi connectivity index (χ0) is 48.2. The molecular weight excluding hydrogens is 821 g/mol. The number of aliphatic hydroxyl groups is 2. The van der Waals surface area contributed by atoms with E-state index in [0.717, 1.165) is 83.5 Å². The van der Waals surface area contributed by atoms with Crippen LogP contribution in [0.2, 0.25) is 0 Å². The molecule has 4 fully saturated rings. The molecule has 0 aliphatic heterocycles. The summed E-state index contributed by atoms with van der Waals surface area (Å²) in [4.78, 5) is 39.5. The number of carbonyl (C=O) groups excluding carboxylic acids is 2. The fourth-order valence-electron chi connectivity index (χ4n) is 14.2. The number of carboxylic acids is 1. The summed E-state index contributed by atoms with van der Waals surface area (Å²) in [6, 6.07) is -0.952. The Labute approximate surface area is 400 Å². The van der Waals surface area contributed by atoms with Crippen molar-refractivity contribution in [3.63, 3.8) is 0 Å². The number of rotatable bonds is 22. The van der Waals surface area contributed by atoms with Crippen LogP contribution in [0, 0.1) is 56.7 Å². The van der Waals surface area contributed by atoms with Crippen LogP contribution in [0.3, 0.4) is 0 Å². The Morgan fingerprint density at radius 1 is 0.758 bits per heavy atom. The minimum atomic E-state index is -1.03. The van der Waals surface area contributed by atoms with Gasteiger partial charge in [-0.3, -0.25) is 9.59 Å². The average molecular weight is 911 g/mol. The molecule has 5 N–H and O–H groups in total. The zero-order valence-corrected chi connectivity index (χ0v) is 42.3. The fraction of sp³-hybridized carbons (Fsp3) is 0.707. The van der Waals surface area contributed by atoms with Crippen LogP contribution in [0.15, 0.2) is 84.6 Å². The van der Waals surface area contributed by atoms with E-state index >= 15 is 0 Å². The Hall–Kier alpha value is -3.49. The molecule has 66 heavy (non-hydrogen) atoms. The summed E-state index contributed by atoms with van der Waals surface area (Å²) in [6.45, 7) is 19.1. The second kappa shape index (κ2) is 23.7. The van der Waals surface area contributed by atoms with Crippen molar-refractivity contribution in [3.05, 3.63) is 84.6 Å². The van der Waals surface area contributed by atoms with Crippen molar-refractivity contribution in [2.75, 3.05) is 6.54 Å².